The number of hydrogen-bond donors (Lipinski definition) is 2. The van der Waals surface area contributed by atoms with Gasteiger partial charge in [0.1, 0.15) is 23.5 Å². The molecule has 2 aromatic carbocycles. The highest BCUT2D eigenvalue weighted by Gasteiger charge is 2.23. The van der Waals surface area contributed by atoms with Gasteiger partial charge in [-0.2, -0.15) is 0 Å². The molecule has 0 radical (unpaired) electrons. The molecule has 0 amide bonds. The Balaban J connectivity index is 1.77. The molecule has 0 saturated carbocycles. The van der Waals surface area contributed by atoms with E-state index in [4.69, 9.17) is 34.8 Å². The van der Waals surface area contributed by atoms with Crippen LogP contribution in [0.2, 0.25) is 15.1 Å². The van der Waals surface area contributed by atoms with Crippen LogP contribution in [0.4, 0.5) is 10.2 Å². The zero-order valence-electron chi connectivity index (χ0n) is 16.8. The number of hydrogen-bond acceptors (Lipinski definition) is 6. The molecule has 5 aromatic rings. The molecule has 12 heteroatoms. The number of rotatable bonds is 4. The van der Waals surface area contributed by atoms with Gasteiger partial charge in [-0.05, 0) is 37.3 Å². The maximum Gasteiger partial charge on any atom is 0.267 e. The molecule has 33 heavy (non-hydrogen) atoms. The minimum atomic E-state index is -0.729. The molecule has 0 fully saturated rings. The van der Waals surface area contributed by atoms with E-state index < -0.39 is 17.4 Å². The Kier molecular flexibility index (Phi) is 5.40. The number of fused-ring (bicyclic) bond motifs is 2. The molecule has 0 aliphatic carbocycles. The summed E-state index contributed by atoms with van der Waals surface area (Å²) < 4.78 is 15.4. The van der Waals surface area contributed by atoms with E-state index in [9.17, 15) is 9.18 Å². The van der Waals surface area contributed by atoms with Crippen molar-refractivity contribution in [3.63, 3.8) is 0 Å². The summed E-state index contributed by atoms with van der Waals surface area (Å²) in [5.41, 5.74) is 0.982. The molecule has 0 bridgehead atoms. The van der Waals surface area contributed by atoms with Crippen LogP contribution in [0, 0.1) is 5.82 Å². The molecule has 5 rings (SSSR count). The standard InChI is InChI=1S/C21H13Cl3FN7O/c1-9(30-19-17-18(27-7-26-17)28-8-29-19)20-31-13-5-4-12(25)16(24)15(13)21(33)32(20)14-6-10(22)2-3-11(14)23/h2-9H,1H3,(H2,26,27,28,29,30)/t9-/m0/s1. The van der Waals surface area contributed by atoms with Gasteiger partial charge in [0.25, 0.3) is 5.56 Å². The van der Waals surface area contributed by atoms with Crippen molar-refractivity contribution in [3.8, 4) is 5.69 Å². The van der Waals surface area contributed by atoms with Crippen LogP contribution in [0.15, 0.2) is 47.8 Å². The first-order valence-corrected chi connectivity index (χ1v) is 10.7. The van der Waals surface area contributed by atoms with E-state index in [0.29, 0.717) is 22.0 Å². The molecule has 1 atom stereocenters. The van der Waals surface area contributed by atoms with Crippen LogP contribution in [0.25, 0.3) is 27.8 Å². The number of imidazole rings is 1. The SMILES string of the molecule is C[C@H](Nc1ncnc2[nH]cnc12)c1nc2ccc(F)c(Cl)c2c(=O)n1-c1cc(Cl)ccc1Cl. The highest BCUT2D eigenvalue weighted by atomic mass is 35.5. The Morgan fingerprint density at radius 1 is 1.12 bits per heavy atom. The summed E-state index contributed by atoms with van der Waals surface area (Å²) in [6, 6.07) is 6.66. The summed E-state index contributed by atoms with van der Waals surface area (Å²) >= 11 is 18.7. The van der Waals surface area contributed by atoms with Gasteiger partial charge in [-0.1, -0.05) is 34.8 Å². The quantitative estimate of drug-likeness (QED) is 0.343. The fourth-order valence-electron chi connectivity index (χ4n) is 3.55. The first kappa shape index (κ1) is 21.6. The monoisotopic (exact) mass is 503 g/mol. The fraction of sp³-hybridized carbons (Fsp3) is 0.0952. The fourth-order valence-corrected chi connectivity index (χ4v) is 4.16. The molecule has 2 N–H and O–H groups in total. The zero-order valence-corrected chi connectivity index (χ0v) is 19.0. The minimum Gasteiger partial charge on any atom is -0.358 e. The van der Waals surface area contributed by atoms with Crippen molar-refractivity contribution in [2.24, 2.45) is 0 Å². The second-order valence-corrected chi connectivity index (χ2v) is 8.37. The Bertz CT molecular complexity index is 1600. The highest BCUT2D eigenvalue weighted by molar-refractivity contribution is 6.35. The number of benzene rings is 2. The molecule has 166 valence electrons. The average molecular weight is 505 g/mol. The van der Waals surface area contributed by atoms with Crippen LogP contribution >= 0.6 is 34.8 Å². The summed E-state index contributed by atoms with van der Waals surface area (Å²) in [4.78, 5) is 33.8. The van der Waals surface area contributed by atoms with Crippen LogP contribution in [0.5, 0.6) is 0 Å². The molecule has 0 unspecified atom stereocenters. The summed E-state index contributed by atoms with van der Waals surface area (Å²) in [5, 5.41) is 3.42. The number of aromatic amines is 1. The molecule has 0 saturated heterocycles. The molecule has 0 aliphatic rings. The lowest BCUT2D eigenvalue weighted by Gasteiger charge is -2.21. The van der Waals surface area contributed by atoms with Crippen molar-refractivity contribution in [1.82, 2.24) is 29.5 Å². The summed E-state index contributed by atoms with van der Waals surface area (Å²) in [7, 11) is 0. The lowest BCUT2D eigenvalue weighted by atomic mass is 10.2. The number of anilines is 1. The zero-order chi connectivity index (χ0) is 23.3. The third kappa shape index (κ3) is 3.68. The van der Waals surface area contributed by atoms with Gasteiger partial charge in [0.2, 0.25) is 0 Å². The largest absolute Gasteiger partial charge is 0.358 e. The van der Waals surface area contributed by atoms with E-state index in [1.54, 1.807) is 19.1 Å². The smallest absolute Gasteiger partial charge is 0.267 e. The lowest BCUT2D eigenvalue weighted by molar-refractivity contribution is 0.629. The molecular formula is C21H13Cl3FN7O. The molecule has 3 heterocycles. The van der Waals surface area contributed by atoms with Gasteiger partial charge in [0.15, 0.2) is 11.5 Å². The first-order chi connectivity index (χ1) is 15.8. The summed E-state index contributed by atoms with van der Waals surface area (Å²) in [6.07, 6.45) is 2.88. The van der Waals surface area contributed by atoms with Crippen molar-refractivity contribution < 1.29 is 4.39 Å². The van der Waals surface area contributed by atoms with E-state index in [1.807, 2.05) is 0 Å². The first-order valence-electron chi connectivity index (χ1n) is 9.62. The Morgan fingerprint density at radius 2 is 1.94 bits per heavy atom. The maximum atomic E-state index is 14.2. The van der Waals surface area contributed by atoms with Crippen molar-refractivity contribution in [3.05, 3.63) is 80.0 Å². The number of nitrogens with zero attached hydrogens (tertiary/aromatic N) is 5. The van der Waals surface area contributed by atoms with Crippen LogP contribution in [0.3, 0.4) is 0 Å². The minimum absolute atomic E-state index is 0.0691. The number of nitrogens with one attached hydrogen (secondary N) is 2. The van der Waals surface area contributed by atoms with E-state index in [-0.39, 0.29) is 32.5 Å². The van der Waals surface area contributed by atoms with Crippen molar-refractivity contribution >= 4 is 62.7 Å². The second-order valence-electron chi connectivity index (χ2n) is 7.15. The molecule has 8 nitrogen and oxygen atoms in total. The predicted octanol–water partition coefficient (Wildman–Crippen LogP) is 5.32. The van der Waals surface area contributed by atoms with Crippen molar-refractivity contribution in [1.29, 1.82) is 0 Å². The van der Waals surface area contributed by atoms with Gasteiger partial charge in [-0.3, -0.25) is 9.36 Å². The van der Waals surface area contributed by atoms with E-state index in [0.717, 1.165) is 6.07 Å². The van der Waals surface area contributed by atoms with Gasteiger partial charge in [-0.15, -0.1) is 0 Å². The number of halogens is 4. The molecular weight excluding hydrogens is 492 g/mol. The lowest BCUT2D eigenvalue weighted by Crippen LogP contribution is -2.28. The van der Waals surface area contributed by atoms with Gasteiger partial charge >= 0.3 is 0 Å². The number of H-pyrrole nitrogens is 1. The molecule has 0 aliphatic heterocycles. The second kappa shape index (κ2) is 8.26. The van der Waals surface area contributed by atoms with Gasteiger partial charge in [-0.25, -0.2) is 24.3 Å². The maximum absolute atomic E-state index is 14.2. The normalized spacial score (nSPS) is 12.4. The summed E-state index contributed by atoms with van der Waals surface area (Å²) in [5.74, 6) is -0.0155. The van der Waals surface area contributed by atoms with Gasteiger partial charge in [0.05, 0.1) is 39.0 Å². The Morgan fingerprint density at radius 3 is 2.76 bits per heavy atom. The van der Waals surface area contributed by atoms with Gasteiger partial charge < -0.3 is 10.3 Å². The molecule has 0 spiro atoms. The van der Waals surface area contributed by atoms with Gasteiger partial charge in [0, 0.05) is 5.02 Å². The number of aromatic nitrogens is 6. The third-order valence-corrected chi connectivity index (χ3v) is 5.98. The van der Waals surface area contributed by atoms with Crippen molar-refractivity contribution in [2.75, 3.05) is 5.32 Å². The Hall–Kier alpha value is -3.27. The van der Waals surface area contributed by atoms with Crippen LogP contribution in [-0.4, -0.2) is 29.5 Å². The topological polar surface area (TPSA) is 101 Å². The van der Waals surface area contributed by atoms with Crippen LogP contribution < -0.4 is 10.9 Å². The average Bonchev–Trinajstić information content (AvgIpc) is 3.28. The molecule has 3 aromatic heterocycles. The highest BCUT2D eigenvalue weighted by Crippen LogP contribution is 2.30. The third-order valence-electron chi connectivity index (χ3n) is 5.06. The summed E-state index contributed by atoms with van der Waals surface area (Å²) in [6.45, 7) is 1.79. The van der Waals surface area contributed by atoms with E-state index in [1.165, 1.54) is 29.4 Å². The predicted molar refractivity (Wildman–Crippen MR) is 126 cm³/mol. The Labute approximate surface area is 200 Å². The van der Waals surface area contributed by atoms with E-state index >= 15 is 0 Å². The van der Waals surface area contributed by atoms with E-state index in [2.05, 4.69) is 30.2 Å². The van der Waals surface area contributed by atoms with Crippen molar-refractivity contribution in [2.45, 2.75) is 13.0 Å². The van der Waals surface area contributed by atoms with Crippen LogP contribution in [-0.2, 0) is 0 Å². The van der Waals surface area contributed by atoms with Crippen LogP contribution in [0.1, 0.15) is 18.8 Å².